The van der Waals surface area contributed by atoms with Crippen molar-refractivity contribution in [2.24, 2.45) is 0 Å². The van der Waals surface area contributed by atoms with Crippen LogP contribution in [-0.4, -0.2) is 38.0 Å². The van der Waals surface area contributed by atoms with Crippen molar-refractivity contribution in [3.8, 4) is 17.2 Å². The average Bonchev–Trinajstić information content (AvgIpc) is 2.29. The number of hydrogen-bond acceptors (Lipinski definition) is 5. The van der Waals surface area contributed by atoms with Crippen LogP contribution in [0, 0.1) is 0 Å². The monoisotopic (exact) mass is 227 g/mol. The van der Waals surface area contributed by atoms with Gasteiger partial charge in [0.1, 0.15) is 0 Å². The summed E-state index contributed by atoms with van der Waals surface area (Å²) in [5.41, 5.74) is 0.626. The highest BCUT2D eigenvalue weighted by atomic mass is 16.5. The third-order valence-electron chi connectivity index (χ3n) is 2.28. The van der Waals surface area contributed by atoms with E-state index in [1.54, 1.807) is 19.2 Å². The first-order valence-electron chi connectivity index (χ1n) is 4.91. The van der Waals surface area contributed by atoms with Crippen molar-refractivity contribution < 1.29 is 19.7 Å². The summed E-state index contributed by atoms with van der Waals surface area (Å²) >= 11 is 0. The number of phenolic OH excluding ortho intramolecular Hbond substituents is 1. The Balaban J connectivity index is 3.11. The maximum atomic E-state index is 9.80. The standard InChI is InChI=1S/C11H17NO4/c1-12-6-8(13)7-4-9(15-2)11(14)10(5-7)16-3/h4-5,8,12-14H,6H2,1-3H3/t8-/m1/s1. The van der Waals surface area contributed by atoms with E-state index in [4.69, 9.17) is 9.47 Å². The number of aliphatic hydroxyl groups is 1. The molecule has 5 nitrogen and oxygen atoms in total. The highest BCUT2D eigenvalue weighted by Gasteiger charge is 2.15. The van der Waals surface area contributed by atoms with Gasteiger partial charge in [-0.25, -0.2) is 0 Å². The van der Waals surface area contributed by atoms with Gasteiger partial charge < -0.3 is 25.0 Å². The lowest BCUT2D eigenvalue weighted by atomic mass is 10.1. The van der Waals surface area contributed by atoms with Crippen LogP contribution in [-0.2, 0) is 0 Å². The molecule has 0 aliphatic heterocycles. The maximum Gasteiger partial charge on any atom is 0.200 e. The van der Waals surface area contributed by atoms with Crippen molar-refractivity contribution in [3.05, 3.63) is 17.7 Å². The highest BCUT2D eigenvalue weighted by Crippen LogP contribution is 2.38. The molecule has 0 aliphatic rings. The number of benzene rings is 1. The summed E-state index contributed by atoms with van der Waals surface area (Å²) in [7, 11) is 4.64. The van der Waals surface area contributed by atoms with Crippen molar-refractivity contribution in [3.63, 3.8) is 0 Å². The SMILES string of the molecule is CNC[C@@H](O)c1cc(OC)c(O)c(OC)c1. The molecule has 0 saturated heterocycles. The molecule has 3 N–H and O–H groups in total. The van der Waals surface area contributed by atoms with Crippen molar-refractivity contribution in [1.29, 1.82) is 0 Å². The van der Waals surface area contributed by atoms with Crippen LogP contribution in [0.2, 0.25) is 0 Å². The van der Waals surface area contributed by atoms with Gasteiger partial charge in [0.15, 0.2) is 11.5 Å². The Morgan fingerprint density at radius 2 is 1.75 bits per heavy atom. The van der Waals surface area contributed by atoms with E-state index in [0.717, 1.165) is 0 Å². The minimum Gasteiger partial charge on any atom is -0.502 e. The molecule has 1 aromatic rings. The van der Waals surface area contributed by atoms with Gasteiger partial charge in [-0.1, -0.05) is 0 Å². The van der Waals surface area contributed by atoms with Gasteiger partial charge in [-0.15, -0.1) is 0 Å². The average molecular weight is 227 g/mol. The predicted octanol–water partition coefficient (Wildman–Crippen LogP) is 0.662. The zero-order valence-electron chi connectivity index (χ0n) is 9.65. The number of likely N-dealkylation sites (N-methyl/N-ethyl adjacent to an activating group) is 1. The Kier molecular flexibility index (Phi) is 4.39. The molecule has 0 aliphatic carbocycles. The molecule has 0 amide bonds. The molecule has 1 atom stereocenters. The van der Waals surface area contributed by atoms with Crippen LogP contribution in [0.1, 0.15) is 11.7 Å². The summed E-state index contributed by atoms with van der Waals surface area (Å²) in [6, 6.07) is 3.17. The van der Waals surface area contributed by atoms with Gasteiger partial charge in [-0.3, -0.25) is 0 Å². The summed E-state index contributed by atoms with van der Waals surface area (Å²) < 4.78 is 9.99. The minimum atomic E-state index is -0.673. The van der Waals surface area contributed by atoms with Gasteiger partial charge in [0.25, 0.3) is 0 Å². The van der Waals surface area contributed by atoms with Crippen LogP contribution in [0.3, 0.4) is 0 Å². The number of methoxy groups -OCH3 is 2. The van der Waals surface area contributed by atoms with E-state index in [9.17, 15) is 10.2 Å². The molecule has 0 bridgehead atoms. The van der Waals surface area contributed by atoms with Crippen LogP contribution in [0.5, 0.6) is 17.2 Å². The first-order valence-corrected chi connectivity index (χ1v) is 4.91. The van der Waals surface area contributed by atoms with Crippen LogP contribution >= 0.6 is 0 Å². The van der Waals surface area contributed by atoms with Gasteiger partial charge in [0, 0.05) is 6.54 Å². The minimum absolute atomic E-state index is 0.0644. The van der Waals surface area contributed by atoms with Crippen molar-refractivity contribution in [2.75, 3.05) is 27.8 Å². The number of aliphatic hydroxyl groups excluding tert-OH is 1. The van der Waals surface area contributed by atoms with E-state index in [0.29, 0.717) is 12.1 Å². The summed E-state index contributed by atoms with van der Waals surface area (Å²) in [6.45, 7) is 0.414. The lowest BCUT2D eigenvalue weighted by molar-refractivity contribution is 0.176. The second-order valence-corrected chi connectivity index (χ2v) is 3.35. The Labute approximate surface area is 94.6 Å². The quantitative estimate of drug-likeness (QED) is 0.689. The largest absolute Gasteiger partial charge is 0.502 e. The Morgan fingerprint density at radius 3 is 2.12 bits per heavy atom. The molecule has 0 spiro atoms. The van der Waals surface area contributed by atoms with Gasteiger partial charge in [0.05, 0.1) is 20.3 Å². The summed E-state index contributed by atoms with van der Waals surface area (Å²) in [6.07, 6.45) is -0.673. The molecule has 1 rings (SSSR count). The second kappa shape index (κ2) is 5.58. The fourth-order valence-electron chi connectivity index (χ4n) is 1.42. The van der Waals surface area contributed by atoms with Gasteiger partial charge >= 0.3 is 0 Å². The van der Waals surface area contributed by atoms with E-state index in [-0.39, 0.29) is 17.2 Å². The van der Waals surface area contributed by atoms with Crippen LogP contribution < -0.4 is 14.8 Å². The van der Waals surface area contributed by atoms with Crippen molar-refractivity contribution >= 4 is 0 Å². The molecule has 0 radical (unpaired) electrons. The topological polar surface area (TPSA) is 71.0 Å². The summed E-state index contributed by atoms with van der Waals surface area (Å²) in [5, 5.41) is 22.3. The molecule has 5 heteroatoms. The highest BCUT2D eigenvalue weighted by molar-refractivity contribution is 5.53. The van der Waals surface area contributed by atoms with Crippen LogP contribution in [0.25, 0.3) is 0 Å². The number of rotatable bonds is 5. The molecule has 0 aromatic heterocycles. The third kappa shape index (κ3) is 2.56. The smallest absolute Gasteiger partial charge is 0.200 e. The molecule has 90 valence electrons. The molecule has 0 heterocycles. The Morgan fingerprint density at radius 1 is 1.25 bits per heavy atom. The fraction of sp³-hybridized carbons (Fsp3) is 0.455. The second-order valence-electron chi connectivity index (χ2n) is 3.35. The van der Waals surface area contributed by atoms with Crippen molar-refractivity contribution in [1.82, 2.24) is 5.32 Å². The molecular formula is C11H17NO4. The first-order chi connectivity index (χ1) is 7.63. The van der Waals surface area contributed by atoms with Gasteiger partial charge in [-0.2, -0.15) is 0 Å². The molecule has 0 saturated carbocycles. The molecule has 0 fully saturated rings. The normalized spacial score (nSPS) is 12.2. The number of phenols is 1. The predicted molar refractivity (Wildman–Crippen MR) is 60.1 cm³/mol. The lowest BCUT2D eigenvalue weighted by Crippen LogP contribution is -2.16. The maximum absolute atomic E-state index is 9.80. The number of hydrogen-bond donors (Lipinski definition) is 3. The van der Waals surface area contributed by atoms with Crippen LogP contribution in [0.4, 0.5) is 0 Å². The number of aromatic hydroxyl groups is 1. The molecule has 16 heavy (non-hydrogen) atoms. The van der Waals surface area contributed by atoms with Crippen LogP contribution in [0.15, 0.2) is 12.1 Å². The van der Waals surface area contributed by atoms with Gasteiger partial charge in [0.2, 0.25) is 5.75 Å². The van der Waals surface area contributed by atoms with Gasteiger partial charge in [-0.05, 0) is 24.7 Å². The lowest BCUT2D eigenvalue weighted by Gasteiger charge is -2.15. The number of ether oxygens (including phenoxy) is 2. The van der Waals surface area contributed by atoms with E-state index >= 15 is 0 Å². The first kappa shape index (κ1) is 12.6. The summed E-state index contributed by atoms with van der Waals surface area (Å²) in [4.78, 5) is 0. The van der Waals surface area contributed by atoms with Crippen molar-refractivity contribution in [2.45, 2.75) is 6.10 Å². The Bertz CT molecular complexity index is 329. The zero-order valence-corrected chi connectivity index (χ0v) is 9.65. The summed E-state index contributed by atoms with van der Waals surface area (Å²) in [5.74, 6) is 0.499. The molecule has 1 aromatic carbocycles. The molecule has 0 unspecified atom stereocenters. The Hall–Kier alpha value is -1.46. The zero-order chi connectivity index (χ0) is 12.1. The van der Waals surface area contributed by atoms with E-state index < -0.39 is 6.10 Å². The fourth-order valence-corrected chi connectivity index (χ4v) is 1.42. The van der Waals surface area contributed by atoms with E-state index in [1.807, 2.05) is 0 Å². The third-order valence-corrected chi connectivity index (χ3v) is 2.28. The van der Waals surface area contributed by atoms with E-state index in [1.165, 1.54) is 14.2 Å². The number of nitrogens with one attached hydrogen (secondary N) is 1. The van der Waals surface area contributed by atoms with E-state index in [2.05, 4.69) is 5.32 Å². The molecular weight excluding hydrogens is 210 g/mol.